The molecule has 0 fully saturated rings. The van der Waals surface area contributed by atoms with E-state index in [1.165, 1.54) is 24.3 Å². The number of anilines is 1. The first-order valence-electron chi connectivity index (χ1n) is 10.7. The zero-order valence-electron chi connectivity index (χ0n) is 19.2. The molecular weight excluding hydrogens is 508 g/mol. The van der Waals surface area contributed by atoms with Crippen LogP contribution in [0.1, 0.15) is 30.5 Å². The number of benzene rings is 3. The zero-order valence-corrected chi connectivity index (χ0v) is 20.0. The molecule has 3 aromatic rings. The van der Waals surface area contributed by atoms with Gasteiger partial charge in [-0.3, -0.25) is 4.31 Å². The summed E-state index contributed by atoms with van der Waals surface area (Å²) in [6, 6.07) is 13.7. The van der Waals surface area contributed by atoms with Crippen LogP contribution in [-0.4, -0.2) is 26.2 Å². The van der Waals surface area contributed by atoms with Crippen molar-refractivity contribution in [3.63, 3.8) is 0 Å². The van der Waals surface area contributed by atoms with Gasteiger partial charge in [-0.2, -0.15) is 26.3 Å². The van der Waals surface area contributed by atoms with E-state index in [4.69, 9.17) is 0 Å². The van der Waals surface area contributed by atoms with Crippen molar-refractivity contribution in [3.8, 4) is 0 Å². The molecule has 0 saturated carbocycles. The first-order chi connectivity index (χ1) is 16.6. The van der Waals surface area contributed by atoms with E-state index in [-0.39, 0.29) is 29.1 Å². The molecule has 3 aromatic carbocycles. The highest BCUT2D eigenvalue weighted by molar-refractivity contribution is 7.92. The molecule has 36 heavy (non-hydrogen) atoms. The Bertz CT molecular complexity index is 1290. The van der Waals surface area contributed by atoms with Gasteiger partial charge in [-0.05, 0) is 53.4 Å². The van der Waals surface area contributed by atoms with E-state index in [0.29, 0.717) is 6.07 Å². The number of hydrogen-bond acceptors (Lipinski definition) is 3. The molecule has 1 atom stereocenters. The van der Waals surface area contributed by atoms with Gasteiger partial charge in [-0.1, -0.05) is 56.3 Å². The molecule has 0 radical (unpaired) electrons. The molecule has 1 unspecified atom stereocenters. The second kappa shape index (κ2) is 9.78. The van der Waals surface area contributed by atoms with Crippen LogP contribution in [0.25, 0.3) is 0 Å². The van der Waals surface area contributed by atoms with Crippen LogP contribution in [0.5, 0.6) is 0 Å². The lowest BCUT2D eigenvalue weighted by Crippen LogP contribution is -2.43. The topological polar surface area (TPSA) is 57.6 Å². The largest absolute Gasteiger partial charge is 0.425 e. The fourth-order valence-electron chi connectivity index (χ4n) is 3.68. The molecule has 4 nitrogen and oxygen atoms in total. The Morgan fingerprint density at radius 2 is 1.33 bits per heavy atom. The SMILES string of the molecule is CC(C)CN(c1ccc(C(O)(c2cccc(C(F)(F)F)c2)C(F)(F)F)cc1)S(=O)(=O)c1ccccc1. The Kier molecular flexibility index (Phi) is 7.48. The summed E-state index contributed by atoms with van der Waals surface area (Å²) in [6.45, 7) is 3.53. The van der Waals surface area contributed by atoms with E-state index in [1.54, 1.807) is 19.9 Å². The predicted octanol–water partition coefficient (Wildman–Crippen LogP) is 6.35. The van der Waals surface area contributed by atoms with Crippen molar-refractivity contribution >= 4 is 15.7 Å². The van der Waals surface area contributed by atoms with Crippen molar-refractivity contribution in [1.29, 1.82) is 0 Å². The standard InChI is InChI=1S/C25H23F6NO3S/c1-17(2)16-32(36(34,35)22-9-4-3-5-10-22)21-13-11-18(12-14-21)23(33,25(29,30)31)19-7-6-8-20(15-19)24(26,27)28/h3-15,17,33H,16H2,1-2H3. The summed E-state index contributed by atoms with van der Waals surface area (Å²) >= 11 is 0. The van der Waals surface area contributed by atoms with Gasteiger partial charge < -0.3 is 5.11 Å². The van der Waals surface area contributed by atoms with Crippen LogP contribution in [-0.2, 0) is 21.8 Å². The first-order valence-corrected chi connectivity index (χ1v) is 12.2. The molecule has 0 spiro atoms. The average molecular weight is 532 g/mol. The molecule has 194 valence electrons. The van der Waals surface area contributed by atoms with Crippen molar-refractivity contribution in [2.24, 2.45) is 5.92 Å². The number of hydrogen-bond donors (Lipinski definition) is 1. The second-order valence-corrected chi connectivity index (χ2v) is 10.4. The summed E-state index contributed by atoms with van der Waals surface area (Å²) in [7, 11) is -4.08. The molecule has 11 heteroatoms. The maximum atomic E-state index is 14.1. The summed E-state index contributed by atoms with van der Waals surface area (Å²) in [4.78, 5) is -0.0227. The number of halogens is 6. The molecule has 0 aliphatic rings. The van der Waals surface area contributed by atoms with Gasteiger partial charge in [0, 0.05) is 6.54 Å². The Labute approximate surface area is 204 Å². The lowest BCUT2D eigenvalue weighted by atomic mass is 9.84. The predicted molar refractivity (Wildman–Crippen MR) is 123 cm³/mol. The molecule has 0 saturated heterocycles. The van der Waals surface area contributed by atoms with Gasteiger partial charge >= 0.3 is 12.4 Å². The Morgan fingerprint density at radius 3 is 1.83 bits per heavy atom. The highest BCUT2D eigenvalue weighted by Crippen LogP contribution is 2.46. The summed E-state index contributed by atoms with van der Waals surface area (Å²) in [6.07, 6.45) is -10.3. The van der Waals surface area contributed by atoms with Gasteiger partial charge in [0.05, 0.1) is 16.1 Å². The lowest BCUT2D eigenvalue weighted by molar-refractivity contribution is -0.248. The molecule has 0 heterocycles. The van der Waals surface area contributed by atoms with Crippen LogP contribution in [0, 0.1) is 5.92 Å². The van der Waals surface area contributed by atoms with Gasteiger partial charge in [0.2, 0.25) is 5.60 Å². The van der Waals surface area contributed by atoms with E-state index in [1.807, 2.05) is 0 Å². The highest BCUT2D eigenvalue weighted by Gasteiger charge is 2.56. The van der Waals surface area contributed by atoms with E-state index in [9.17, 15) is 39.9 Å². The third kappa shape index (κ3) is 5.36. The average Bonchev–Trinajstić information content (AvgIpc) is 2.81. The van der Waals surface area contributed by atoms with Gasteiger partial charge in [-0.25, -0.2) is 8.42 Å². The van der Waals surface area contributed by atoms with Crippen molar-refractivity contribution in [2.45, 2.75) is 36.7 Å². The van der Waals surface area contributed by atoms with Crippen LogP contribution in [0.3, 0.4) is 0 Å². The van der Waals surface area contributed by atoms with Crippen molar-refractivity contribution in [2.75, 3.05) is 10.8 Å². The fourth-order valence-corrected chi connectivity index (χ4v) is 5.33. The Balaban J connectivity index is 2.12. The Hall–Kier alpha value is -3.05. The third-order valence-corrected chi connectivity index (χ3v) is 7.26. The molecule has 0 aliphatic carbocycles. The van der Waals surface area contributed by atoms with E-state index >= 15 is 0 Å². The molecule has 3 rings (SSSR count). The molecule has 0 bridgehead atoms. The number of aliphatic hydroxyl groups is 1. The quantitative estimate of drug-likeness (QED) is 0.361. The minimum atomic E-state index is -5.38. The monoisotopic (exact) mass is 531 g/mol. The van der Waals surface area contributed by atoms with E-state index < -0.39 is 44.7 Å². The van der Waals surface area contributed by atoms with Crippen LogP contribution >= 0.6 is 0 Å². The van der Waals surface area contributed by atoms with Crippen LogP contribution in [0.4, 0.5) is 32.0 Å². The minimum Gasteiger partial charge on any atom is -0.372 e. The maximum Gasteiger partial charge on any atom is 0.425 e. The van der Waals surface area contributed by atoms with Crippen LogP contribution in [0.15, 0.2) is 83.8 Å². The summed E-state index contributed by atoms with van der Waals surface area (Å²) < 4.78 is 109. The summed E-state index contributed by atoms with van der Waals surface area (Å²) in [5, 5.41) is 10.8. The van der Waals surface area contributed by atoms with Crippen molar-refractivity contribution in [3.05, 3.63) is 95.6 Å². The Morgan fingerprint density at radius 1 is 0.778 bits per heavy atom. The normalized spacial score (nSPS) is 14.5. The van der Waals surface area contributed by atoms with Gasteiger partial charge in [-0.15, -0.1) is 0 Å². The number of nitrogens with zero attached hydrogens (tertiary/aromatic N) is 1. The van der Waals surface area contributed by atoms with Gasteiger partial charge in [0.1, 0.15) is 0 Å². The second-order valence-electron chi connectivity index (χ2n) is 8.58. The summed E-state index contributed by atoms with van der Waals surface area (Å²) in [5.41, 5.74) is -6.87. The highest BCUT2D eigenvalue weighted by atomic mass is 32.2. The van der Waals surface area contributed by atoms with Gasteiger partial charge in [0.15, 0.2) is 0 Å². The van der Waals surface area contributed by atoms with Gasteiger partial charge in [0.25, 0.3) is 10.0 Å². The van der Waals surface area contributed by atoms with Crippen molar-refractivity contribution in [1.82, 2.24) is 0 Å². The van der Waals surface area contributed by atoms with Crippen LogP contribution in [0.2, 0.25) is 0 Å². The van der Waals surface area contributed by atoms with E-state index in [2.05, 4.69) is 0 Å². The lowest BCUT2D eigenvalue weighted by Gasteiger charge is -2.32. The van der Waals surface area contributed by atoms with Crippen molar-refractivity contribution < 1.29 is 39.9 Å². The molecule has 0 aromatic heterocycles. The number of rotatable bonds is 7. The number of alkyl halides is 6. The molecular formula is C25H23F6NO3S. The summed E-state index contributed by atoms with van der Waals surface area (Å²) in [5.74, 6) is -0.152. The molecule has 1 N–H and O–H groups in total. The zero-order chi connectivity index (χ0) is 26.9. The third-order valence-electron chi connectivity index (χ3n) is 5.45. The van der Waals surface area contributed by atoms with Crippen LogP contribution < -0.4 is 4.31 Å². The number of sulfonamides is 1. The first kappa shape index (κ1) is 27.5. The maximum absolute atomic E-state index is 14.1. The molecule has 0 aliphatic heterocycles. The minimum absolute atomic E-state index is 0.00768. The smallest absolute Gasteiger partial charge is 0.372 e. The molecule has 0 amide bonds. The van der Waals surface area contributed by atoms with E-state index in [0.717, 1.165) is 40.7 Å². The fraction of sp³-hybridized carbons (Fsp3) is 0.280.